The van der Waals surface area contributed by atoms with Gasteiger partial charge in [-0.1, -0.05) is 12.0 Å². The summed E-state index contributed by atoms with van der Waals surface area (Å²) in [6.07, 6.45) is 2.10. The van der Waals surface area contributed by atoms with E-state index in [4.69, 9.17) is 6.42 Å². The van der Waals surface area contributed by atoms with E-state index in [1.165, 1.54) is 0 Å². The Bertz CT molecular complexity index is 459. The van der Waals surface area contributed by atoms with Crippen LogP contribution in [0, 0.1) is 18.3 Å². The second-order valence-electron chi connectivity index (χ2n) is 4.62. The fourth-order valence-electron chi connectivity index (χ4n) is 2.34. The van der Waals surface area contributed by atoms with Gasteiger partial charge in [0.1, 0.15) is 0 Å². The van der Waals surface area contributed by atoms with Gasteiger partial charge in [-0.25, -0.2) is 0 Å². The van der Waals surface area contributed by atoms with Gasteiger partial charge in [-0.2, -0.15) is 13.2 Å². The number of anilines is 1. The molecule has 1 N–H and O–H groups in total. The summed E-state index contributed by atoms with van der Waals surface area (Å²) < 4.78 is 37.6. The summed E-state index contributed by atoms with van der Waals surface area (Å²) in [5, 5.41) is 3.12. The van der Waals surface area contributed by atoms with Gasteiger partial charge < -0.3 is 5.32 Å². The van der Waals surface area contributed by atoms with E-state index >= 15 is 0 Å². The van der Waals surface area contributed by atoms with E-state index in [-0.39, 0.29) is 18.9 Å². The maximum atomic E-state index is 12.5. The van der Waals surface area contributed by atoms with Crippen LogP contribution in [0.1, 0.15) is 24.8 Å². The number of terminal acetylenes is 1. The molecule has 2 atom stereocenters. The largest absolute Gasteiger partial charge is 0.391 e. The van der Waals surface area contributed by atoms with Crippen LogP contribution in [0.3, 0.4) is 0 Å². The van der Waals surface area contributed by atoms with Gasteiger partial charge >= 0.3 is 6.18 Å². The van der Waals surface area contributed by atoms with Crippen molar-refractivity contribution in [1.29, 1.82) is 0 Å². The van der Waals surface area contributed by atoms with Gasteiger partial charge in [-0.15, -0.1) is 6.42 Å². The highest BCUT2D eigenvalue weighted by atomic mass is 19.4. The Kier molecular flexibility index (Phi) is 3.51. The molecule has 0 radical (unpaired) electrons. The second kappa shape index (κ2) is 4.93. The fourth-order valence-corrected chi connectivity index (χ4v) is 2.34. The second-order valence-corrected chi connectivity index (χ2v) is 4.62. The molecule has 0 saturated heterocycles. The average molecular weight is 253 g/mol. The molecule has 0 heterocycles. The standard InChI is InChI=1S/C14H14F3N/c1-2-10-4-3-5-12(8-10)18-13-7-6-11(9-13)14(15,16)17/h1,3-5,8,11,13,18H,6-7,9H2. The third-order valence-corrected chi connectivity index (χ3v) is 3.30. The zero-order valence-corrected chi connectivity index (χ0v) is 9.80. The molecule has 0 amide bonds. The lowest BCUT2D eigenvalue weighted by Gasteiger charge is -2.16. The SMILES string of the molecule is C#Cc1cccc(NC2CCC(C(F)(F)F)C2)c1. The lowest BCUT2D eigenvalue weighted by atomic mass is 10.1. The Morgan fingerprint density at radius 1 is 1.28 bits per heavy atom. The maximum absolute atomic E-state index is 12.5. The number of hydrogen-bond acceptors (Lipinski definition) is 1. The van der Waals surface area contributed by atoms with Crippen molar-refractivity contribution in [2.75, 3.05) is 5.32 Å². The number of rotatable bonds is 2. The van der Waals surface area contributed by atoms with E-state index in [2.05, 4.69) is 11.2 Å². The van der Waals surface area contributed by atoms with E-state index in [0.29, 0.717) is 6.42 Å². The third-order valence-electron chi connectivity index (χ3n) is 3.30. The summed E-state index contributed by atoms with van der Waals surface area (Å²) in [6, 6.07) is 7.07. The molecule has 96 valence electrons. The molecule has 4 heteroatoms. The van der Waals surface area contributed by atoms with Crippen molar-refractivity contribution < 1.29 is 13.2 Å². The molecule has 0 aromatic heterocycles. The molecular formula is C14H14F3N. The molecule has 2 unspecified atom stereocenters. The highest BCUT2D eigenvalue weighted by Crippen LogP contribution is 2.39. The highest BCUT2D eigenvalue weighted by molar-refractivity contribution is 5.50. The summed E-state index contributed by atoms with van der Waals surface area (Å²) in [5.74, 6) is 1.33. The first-order chi connectivity index (χ1) is 8.49. The van der Waals surface area contributed by atoms with Crippen LogP contribution in [0.25, 0.3) is 0 Å². The molecule has 1 nitrogen and oxygen atoms in total. The van der Waals surface area contributed by atoms with Crippen molar-refractivity contribution in [2.24, 2.45) is 5.92 Å². The van der Waals surface area contributed by atoms with Gasteiger partial charge in [0, 0.05) is 17.3 Å². The van der Waals surface area contributed by atoms with Crippen LogP contribution < -0.4 is 5.32 Å². The van der Waals surface area contributed by atoms with Crippen LogP contribution in [-0.4, -0.2) is 12.2 Å². The minimum Gasteiger partial charge on any atom is -0.382 e. The lowest BCUT2D eigenvalue weighted by Crippen LogP contribution is -2.22. The molecule has 0 bridgehead atoms. The zero-order chi connectivity index (χ0) is 13.2. The Morgan fingerprint density at radius 2 is 2.06 bits per heavy atom. The number of nitrogens with one attached hydrogen (secondary N) is 1. The molecule has 1 aromatic rings. The molecule has 0 aliphatic heterocycles. The summed E-state index contributed by atoms with van der Waals surface area (Å²) in [7, 11) is 0. The van der Waals surface area contributed by atoms with Crippen molar-refractivity contribution in [2.45, 2.75) is 31.5 Å². The Hall–Kier alpha value is -1.63. The molecule has 1 aliphatic rings. The van der Waals surface area contributed by atoms with E-state index in [9.17, 15) is 13.2 Å². The topological polar surface area (TPSA) is 12.0 Å². The zero-order valence-electron chi connectivity index (χ0n) is 9.80. The number of hydrogen-bond donors (Lipinski definition) is 1. The van der Waals surface area contributed by atoms with E-state index < -0.39 is 12.1 Å². The third kappa shape index (κ3) is 2.98. The smallest absolute Gasteiger partial charge is 0.382 e. The quantitative estimate of drug-likeness (QED) is 0.790. The minimum absolute atomic E-state index is 0.121. The Labute approximate surface area is 104 Å². The fraction of sp³-hybridized carbons (Fsp3) is 0.429. The van der Waals surface area contributed by atoms with Gasteiger partial charge in [-0.3, -0.25) is 0 Å². The van der Waals surface area contributed by atoms with E-state index in [1.54, 1.807) is 18.2 Å². The van der Waals surface area contributed by atoms with Crippen LogP contribution in [-0.2, 0) is 0 Å². The monoisotopic (exact) mass is 253 g/mol. The summed E-state index contributed by atoms with van der Waals surface area (Å²) in [6.45, 7) is 0. The molecular weight excluding hydrogens is 239 g/mol. The molecule has 0 spiro atoms. The number of halogens is 3. The first-order valence-electron chi connectivity index (χ1n) is 5.89. The number of alkyl halides is 3. The summed E-state index contributed by atoms with van der Waals surface area (Å²) >= 11 is 0. The molecule has 1 aromatic carbocycles. The van der Waals surface area contributed by atoms with Crippen LogP contribution in [0.5, 0.6) is 0 Å². The molecule has 1 aliphatic carbocycles. The molecule has 1 fully saturated rings. The normalized spacial score (nSPS) is 23.7. The van der Waals surface area contributed by atoms with Crippen LogP contribution in [0.15, 0.2) is 24.3 Å². The van der Waals surface area contributed by atoms with Crippen molar-refractivity contribution in [1.82, 2.24) is 0 Å². The minimum atomic E-state index is -4.07. The van der Waals surface area contributed by atoms with Crippen LogP contribution >= 0.6 is 0 Å². The van der Waals surface area contributed by atoms with Crippen molar-refractivity contribution in [3.05, 3.63) is 29.8 Å². The molecule has 2 rings (SSSR count). The summed E-state index contributed by atoms with van der Waals surface area (Å²) in [5.41, 5.74) is 1.52. The van der Waals surface area contributed by atoms with Gasteiger partial charge in [0.25, 0.3) is 0 Å². The Balaban J connectivity index is 1.97. The van der Waals surface area contributed by atoms with E-state index in [0.717, 1.165) is 11.3 Å². The van der Waals surface area contributed by atoms with Crippen LogP contribution in [0.4, 0.5) is 18.9 Å². The van der Waals surface area contributed by atoms with Gasteiger partial charge in [0.05, 0.1) is 5.92 Å². The van der Waals surface area contributed by atoms with Crippen molar-refractivity contribution >= 4 is 5.69 Å². The maximum Gasteiger partial charge on any atom is 0.391 e. The van der Waals surface area contributed by atoms with Gasteiger partial charge in [0.2, 0.25) is 0 Å². The predicted octanol–water partition coefficient (Wildman–Crippen LogP) is 3.81. The van der Waals surface area contributed by atoms with Crippen molar-refractivity contribution in [3.63, 3.8) is 0 Å². The first-order valence-corrected chi connectivity index (χ1v) is 5.89. The van der Waals surface area contributed by atoms with Crippen molar-refractivity contribution in [3.8, 4) is 12.3 Å². The summed E-state index contributed by atoms with van der Waals surface area (Å²) in [4.78, 5) is 0. The highest BCUT2D eigenvalue weighted by Gasteiger charge is 2.43. The van der Waals surface area contributed by atoms with Gasteiger partial charge in [0.15, 0.2) is 0 Å². The predicted molar refractivity (Wildman–Crippen MR) is 65.2 cm³/mol. The van der Waals surface area contributed by atoms with E-state index in [1.807, 2.05) is 6.07 Å². The lowest BCUT2D eigenvalue weighted by molar-refractivity contribution is -0.172. The Morgan fingerprint density at radius 3 is 2.67 bits per heavy atom. The molecule has 1 saturated carbocycles. The molecule has 18 heavy (non-hydrogen) atoms. The number of benzene rings is 1. The van der Waals surface area contributed by atoms with Crippen LogP contribution in [0.2, 0.25) is 0 Å². The first kappa shape index (κ1) is 12.8. The van der Waals surface area contributed by atoms with Gasteiger partial charge in [-0.05, 0) is 37.5 Å². The average Bonchev–Trinajstić information content (AvgIpc) is 2.77.